The maximum atomic E-state index is 12.3. The third-order valence-corrected chi connectivity index (χ3v) is 2.62. The van der Waals surface area contributed by atoms with E-state index in [-0.39, 0.29) is 6.54 Å². The maximum absolute atomic E-state index is 12.3. The molecular weight excluding hydrogens is 289 g/mol. The zero-order chi connectivity index (χ0) is 15.9. The van der Waals surface area contributed by atoms with Crippen LogP contribution < -0.4 is 5.32 Å². The molecule has 0 heterocycles. The van der Waals surface area contributed by atoms with Gasteiger partial charge in [-0.1, -0.05) is 18.2 Å². The number of urea groups is 1. The van der Waals surface area contributed by atoms with E-state index in [4.69, 9.17) is 5.11 Å². The van der Waals surface area contributed by atoms with Crippen molar-refractivity contribution in [2.45, 2.75) is 18.7 Å². The molecule has 0 spiro atoms. The number of aliphatic hydroxyl groups is 2. The summed E-state index contributed by atoms with van der Waals surface area (Å²) >= 11 is 0. The summed E-state index contributed by atoms with van der Waals surface area (Å²) in [4.78, 5) is 12.8. The highest BCUT2D eigenvalue weighted by Crippen LogP contribution is 2.20. The average Bonchev–Trinajstić information content (AvgIpc) is 2.43. The first-order chi connectivity index (χ1) is 9.81. The number of alkyl halides is 3. The van der Waals surface area contributed by atoms with Gasteiger partial charge in [-0.3, -0.25) is 0 Å². The molecule has 2 amide bonds. The van der Waals surface area contributed by atoms with Crippen molar-refractivity contribution in [3.63, 3.8) is 0 Å². The lowest BCUT2D eigenvalue weighted by molar-refractivity contribution is -0.137. The molecular formula is C13H17F3N2O3. The minimum absolute atomic E-state index is 0.384. The van der Waals surface area contributed by atoms with E-state index in [1.165, 1.54) is 0 Å². The van der Waals surface area contributed by atoms with Gasteiger partial charge in [-0.15, -0.1) is 0 Å². The smallest absolute Gasteiger partial charge is 0.390 e. The molecule has 0 fully saturated rings. The summed E-state index contributed by atoms with van der Waals surface area (Å²) in [5, 5.41) is 20.5. The van der Waals surface area contributed by atoms with Gasteiger partial charge in [0.1, 0.15) is 0 Å². The Bertz CT molecular complexity index is 440. The SMILES string of the molecule is O=C(Nc1ccccc1)N(CCC(F)(F)F)C[C@H](O)CO. The van der Waals surface area contributed by atoms with Crippen LogP contribution in [0.25, 0.3) is 0 Å². The third kappa shape index (κ3) is 6.96. The van der Waals surface area contributed by atoms with Crippen LogP contribution in [0, 0.1) is 0 Å². The van der Waals surface area contributed by atoms with E-state index in [9.17, 15) is 23.1 Å². The Hall–Kier alpha value is -1.80. The number of para-hydroxylation sites is 1. The Morgan fingerprint density at radius 3 is 2.43 bits per heavy atom. The van der Waals surface area contributed by atoms with Crippen molar-refractivity contribution in [3.8, 4) is 0 Å². The molecule has 3 N–H and O–H groups in total. The zero-order valence-corrected chi connectivity index (χ0v) is 11.2. The van der Waals surface area contributed by atoms with Crippen LogP contribution in [0.1, 0.15) is 6.42 Å². The number of hydrogen-bond acceptors (Lipinski definition) is 3. The van der Waals surface area contributed by atoms with Gasteiger partial charge in [-0.25, -0.2) is 4.79 Å². The molecule has 0 saturated heterocycles. The molecule has 0 aliphatic heterocycles. The van der Waals surface area contributed by atoms with E-state index in [1.54, 1.807) is 30.3 Å². The van der Waals surface area contributed by atoms with Crippen LogP contribution in [0.4, 0.5) is 23.7 Å². The monoisotopic (exact) mass is 306 g/mol. The van der Waals surface area contributed by atoms with Gasteiger partial charge in [0.2, 0.25) is 0 Å². The van der Waals surface area contributed by atoms with Gasteiger partial charge in [0.25, 0.3) is 0 Å². The maximum Gasteiger partial charge on any atom is 0.390 e. The number of carbonyl (C=O) groups is 1. The first-order valence-electron chi connectivity index (χ1n) is 6.28. The molecule has 1 aromatic rings. The van der Waals surface area contributed by atoms with Gasteiger partial charge >= 0.3 is 12.2 Å². The predicted molar refractivity (Wildman–Crippen MR) is 70.8 cm³/mol. The summed E-state index contributed by atoms with van der Waals surface area (Å²) in [6.07, 6.45) is -6.89. The van der Waals surface area contributed by atoms with Gasteiger partial charge in [-0.05, 0) is 12.1 Å². The summed E-state index contributed by atoms with van der Waals surface area (Å²) < 4.78 is 36.8. The van der Waals surface area contributed by atoms with Crippen LogP contribution in [0.2, 0.25) is 0 Å². The Kier molecular flexibility index (Phi) is 6.44. The van der Waals surface area contributed by atoms with Gasteiger partial charge in [-0.2, -0.15) is 13.2 Å². The average molecular weight is 306 g/mol. The van der Waals surface area contributed by atoms with Crippen LogP contribution in [0.15, 0.2) is 30.3 Å². The van der Waals surface area contributed by atoms with Gasteiger partial charge in [0.15, 0.2) is 0 Å². The quantitative estimate of drug-likeness (QED) is 0.751. The van der Waals surface area contributed by atoms with E-state index in [0.29, 0.717) is 5.69 Å². The van der Waals surface area contributed by atoms with Crippen molar-refractivity contribution < 1.29 is 28.2 Å². The Morgan fingerprint density at radius 2 is 1.90 bits per heavy atom. The fraction of sp³-hybridized carbons (Fsp3) is 0.462. The summed E-state index contributed by atoms with van der Waals surface area (Å²) in [6, 6.07) is 7.46. The number of aliphatic hydroxyl groups excluding tert-OH is 2. The van der Waals surface area contributed by atoms with Crippen molar-refractivity contribution in [3.05, 3.63) is 30.3 Å². The van der Waals surface area contributed by atoms with E-state index in [2.05, 4.69) is 5.32 Å². The molecule has 8 heteroatoms. The molecule has 118 valence electrons. The lowest BCUT2D eigenvalue weighted by Crippen LogP contribution is -2.42. The molecule has 1 atom stereocenters. The fourth-order valence-corrected chi connectivity index (χ4v) is 1.57. The van der Waals surface area contributed by atoms with Crippen molar-refractivity contribution in [2.75, 3.05) is 25.0 Å². The first kappa shape index (κ1) is 17.3. The molecule has 0 saturated carbocycles. The van der Waals surface area contributed by atoms with Crippen molar-refractivity contribution in [2.24, 2.45) is 0 Å². The van der Waals surface area contributed by atoms with Gasteiger partial charge < -0.3 is 20.4 Å². The standard InChI is InChI=1S/C13H17F3N2O3/c14-13(15,16)6-7-18(8-11(20)9-19)12(21)17-10-4-2-1-3-5-10/h1-5,11,19-20H,6-9H2,(H,17,21)/t11-/m0/s1. The van der Waals surface area contributed by atoms with Gasteiger partial charge in [0, 0.05) is 12.2 Å². The number of nitrogens with one attached hydrogen (secondary N) is 1. The van der Waals surface area contributed by atoms with E-state index in [1.807, 2.05) is 0 Å². The Morgan fingerprint density at radius 1 is 1.29 bits per heavy atom. The molecule has 0 aromatic heterocycles. The zero-order valence-electron chi connectivity index (χ0n) is 11.2. The largest absolute Gasteiger partial charge is 0.394 e. The summed E-state index contributed by atoms with van der Waals surface area (Å²) in [6.45, 7) is -1.62. The number of hydrogen-bond donors (Lipinski definition) is 3. The molecule has 0 bridgehead atoms. The second-order valence-electron chi connectivity index (χ2n) is 4.44. The number of nitrogens with zero attached hydrogens (tertiary/aromatic N) is 1. The third-order valence-electron chi connectivity index (χ3n) is 2.62. The number of carbonyl (C=O) groups excluding carboxylic acids is 1. The molecule has 5 nitrogen and oxygen atoms in total. The second-order valence-corrected chi connectivity index (χ2v) is 4.44. The first-order valence-corrected chi connectivity index (χ1v) is 6.28. The lowest BCUT2D eigenvalue weighted by atomic mass is 10.3. The highest BCUT2D eigenvalue weighted by molar-refractivity contribution is 5.89. The molecule has 1 aromatic carbocycles. The molecule has 0 unspecified atom stereocenters. The Labute approximate surface area is 120 Å². The summed E-state index contributed by atoms with van der Waals surface area (Å²) in [5.74, 6) is 0. The van der Waals surface area contributed by atoms with E-state index in [0.717, 1.165) is 4.90 Å². The van der Waals surface area contributed by atoms with Crippen LogP contribution >= 0.6 is 0 Å². The predicted octanol–water partition coefficient (Wildman–Crippen LogP) is 1.83. The fourth-order valence-electron chi connectivity index (χ4n) is 1.57. The Balaban J connectivity index is 2.67. The minimum Gasteiger partial charge on any atom is -0.394 e. The number of rotatable bonds is 6. The van der Waals surface area contributed by atoms with E-state index < -0.39 is 37.9 Å². The molecule has 0 aliphatic carbocycles. The van der Waals surface area contributed by atoms with Crippen molar-refractivity contribution >= 4 is 11.7 Å². The van der Waals surface area contributed by atoms with Gasteiger partial charge in [0.05, 0.1) is 25.7 Å². The number of anilines is 1. The van der Waals surface area contributed by atoms with Crippen molar-refractivity contribution in [1.29, 1.82) is 0 Å². The molecule has 0 radical (unpaired) electrons. The molecule has 21 heavy (non-hydrogen) atoms. The number of amides is 2. The van der Waals surface area contributed by atoms with Crippen LogP contribution in [0.5, 0.6) is 0 Å². The van der Waals surface area contributed by atoms with Crippen LogP contribution in [0.3, 0.4) is 0 Å². The van der Waals surface area contributed by atoms with Crippen molar-refractivity contribution in [1.82, 2.24) is 4.90 Å². The molecule has 1 rings (SSSR count). The number of halogens is 3. The van der Waals surface area contributed by atoms with Crippen LogP contribution in [-0.2, 0) is 0 Å². The lowest BCUT2D eigenvalue weighted by Gasteiger charge is -2.25. The van der Waals surface area contributed by atoms with Crippen LogP contribution in [-0.4, -0.2) is 53.1 Å². The highest BCUT2D eigenvalue weighted by atomic mass is 19.4. The second kappa shape index (κ2) is 7.84. The topological polar surface area (TPSA) is 72.8 Å². The summed E-state index contributed by atoms with van der Waals surface area (Å²) in [7, 11) is 0. The number of benzene rings is 1. The van der Waals surface area contributed by atoms with E-state index >= 15 is 0 Å². The summed E-state index contributed by atoms with van der Waals surface area (Å²) in [5.41, 5.74) is 0.429. The minimum atomic E-state index is -4.41. The highest BCUT2D eigenvalue weighted by Gasteiger charge is 2.29. The normalized spacial score (nSPS) is 12.8. The molecule has 0 aliphatic rings.